The summed E-state index contributed by atoms with van der Waals surface area (Å²) >= 11 is 0. The lowest BCUT2D eigenvalue weighted by Crippen LogP contribution is -2.37. The van der Waals surface area contributed by atoms with Crippen molar-refractivity contribution in [2.45, 2.75) is 44.3 Å². The highest BCUT2D eigenvalue weighted by atomic mass is 31.3. The van der Waals surface area contributed by atoms with Gasteiger partial charge in [0.2, 0.25) is 0 Å². The van der Waals surface area contributed by atoms with Crippen LogP contribution in [0.2, 0.25) is 0 Å². The van der Waals surface area contributed by atoms with Gasteiger partial charge in [-0.15, -0.1) is 10.2 Å². The lowest BCUT2D eigenvalue weighted by molar-refractivity contribution is -0.0612. The summed E-state index contributed by atoms with van der Waals surface area (Å²) in [6.45, 7) is 0.727. The quantitative estimate of drug-likeness (QED) is 0.122. The molecule has 23 heteroatoms. The highest BCUT2D eigenvalue weighted by Crippen LogP contribution is 2.66. The number of phosphoric acid groups is 3. The average molecular weight is 567 g/mol. The van der Waals surface area contributed by atoms with Crippen LogP contribution in [0, 0.1) is 0 Å². The SMILES string of the molecule is CCCc1nn(O)c2c(=O)n(C3OC(COP(=O)(O)OP(=O)(O)OP(=O)(O)O)C(O)C3O)nnc12. The molecule has 3 rings (SSSR count). The first-order valence-corrected chi connectivity index (χ1v) is 13.9. The second-order valence-electron chi connectivity index (χ2n) is 7.06. The van der Waals surface area contributed by atoms with Crippen molar-refractivity contribution in [1.29, 1.82) is 0 Å². The lowest BCUT2D eigenvalue weighted by atomic mass is 10.1. The lowest BCUT2D eigenvalue weighted by Gasteiger charge is -2.19. The first-order valence-electron chi connectivity index (χ1n) is 9.41. The van der Waals surface area contributed by atoms with Gasteiger partial charge >= 0.3 is 29.0 Å². The van der Waals surface area contributed by atoms with Crippen LogP contribution in [0.3, 0.4) is 0 Å². The normalized spacial score (nSPS) is 26.6. The number of aromatic nitrogens is 5. The molecule has 0 aliphatic carbocycles. The smallest absolute Gasteiger partial charge is 0.411 e. The second-order valence-corrected chi connectivity index (χ2v) is 11.5. The predicted octanol–water partition coefficient (Wildman–Crippen LogP) is -1.86. The minimum atomic E-state index is -5.77. The predicted molar refractivity (Wildman–Crippen MR) is 107 cm³/mol. The van der Waals surface area contributed by atoms with E-state index < -0.39 is 65.7 Å². The number of hydrogen-bond acceptors (Lipinski definition) is 14. The number of nitrogens with zero attached hydrogens (tertiary/aromatic N) is 5. The fourth-order valence-electron chi connectivity index (χ4n) is 3.09. The molecule has 1 aliphatic heterocycles. The first kappa shape index (κ1) is 27.9. The van der Waals surface area contributed by atoms with Crippen molar-refractivity contribution in [3.05, 3.63) is 16.0 Å². The molecule has 1 aliphatic rings. The summed E-state index contributed by atoms with van der Waals surface area (Å²) < 4.78 is 51.0. The van der Waals surface area contributed by atoms with Crippen molar-refractivity contribution in [3.8, 4) is 0 Å². The first-order chi connectivity index (χ1) is 16.1. The van der Waals surface area contributed by atoms with Gasteiger partial charge in [-0.3, -0.25) is 9.32 Å². The molecule has 0 bridgehead atoms. The monoisotopic (exact) mass is 567 g/mol. The van der Waals surface area contributed by atoms with Gasteiger partial charge in [0.05, 0.1) is 12.3 Å². The summed E-state index contributed by atoms with van der Waals surface area (Å²) in [4.78, 5) is 48.7. The molecule has 1 fully saturated rings. The van der Waals surface area contributed by atoms with Gasteiger partial charge in [0.1, 0.15) is 23.8 Å². The van der Waals surface area contributed by atoms with E-state index in [1.54, 1.807) is 0 Å². The van der Waals surface area contributed by atoms with Crippen LogP contribution in [0.4, 0.5) is 0 Å². The Balaban J connectivity index is 1.76. The zero-order chi connectivity index (χ0) is 26.3. The van der Waals surface area contributed by atoms with Gasteiger partial charge in [-0.2, -0.15) is 13.3 Å². The molecule has 6 unspecified atom stereocenters. The van der Waals surface area contributed by atoms with Gasteiger partial charge in [-0.25, -0.2) is 13.7 Å². The summed E-state index contributed by atoms with van der Waals surface area (Å²) in [5.41, 5.74) is -1.14. The Labute approximate surface area is 193 Å². The van der Waals surface area contributed by atoms with Crippen molar-refractivity contribution >= 4 is 34.5 Å². The molecule has 0 amide bonds. The second kappa shape index (κ2) is 10.0. The maximum absolute atomic E-state index is 12.8. The summed E-state index contributed by atoms with van der Waals surface area (Å²) in [5, 5.41) is 41.6. The van der Waals surface area contributed by atoms with E-state index in [-0.39, 0.29) is 16.1 Å². The molecule has 2 aromatic rings. The minimum Gasteiger partial charge on any atom is -0.411 e. The maximum Gasteiger partial charge on any atom is 0.490 e. The highest BCUT2D eigenvalue weighted by molar-refractivity contribution is 7.66. The molecule has 0 spiro atoms. The topological polar surface area (TPSA) is 295 Å². The van der Waals surface area contributed by atoms with Gasteiger partial charge in [-0.1, -0.05) is 23.4 Å². The largest absolute Gasteiger partial charge is 0.490 e. The number of ether oxygens (including phenoxy) is 1. The van der Waals surface area contributed by atoms with Crippen LogP contribution in [0.25, 0.3) is 11.0 Å². The van der Waals surface area contributed by atoms with Crippen molar-refractivity contribution in [2.75, 3.05) is 6.61 Å². The van der Waals surface area contributed by atoms with Crippen LogP contribution >= 0.6 is 23.5 Å². The van der Waals surface area contributed by atoms with E-state index in [0.29, 0.717) is 17.5 Å². The molecule has 0 aromatic carbocycles. The van der Waals surface area contributed by atoms with Gasteiger partial charge in [0.15, 0.2) is 11.7 Å². The number of phosphoric ester groups is 1. The zero-order valence-corrected chi connectivity index (χ0v) is 20.1. The van der Waals surface area contributed by atoms with Gasteiger partial charge < -0.3 is 39.7 Å². The van der Waals surface area contributed by atoms with Crippen LogP contribution in [0.5, 0.6) is 0 Å². The van der Waals surface area contributed by atoms with Gasteiger partial charge in [0, 0.05) is 0 Å². The molecule has 20 nitrogen and oxygen atoms in total. The Hall–Kier alpha value is -1.63. The molecule has 198 valence electrons. The number of fused-ring (bicyclic) bond motifs is 1. The zero-order valence-electron chi connectivity index (χ0n) is 17.4. The number of aryl methyl sites for hydroxylation is 1. The summed E-state index contributed by atoms with van der Waals surface area (Å²) in [6, 6.07) is 0. The summed E-state index contributed by atoms with van der Waals surface area (Å²) in [6.07, 6.45) is -6.14. The van der Waals surface area contributed by atoms with Crippen LogP contribution in [0.1, 0.15) is 25.3 Å². The van der Waals surface area contributed by atoms with E-state index in [2.05, 4.69) is 28.6 Å². The molecule has 35 heavy (non-hydrogen) atoms. The van der Waals surface area contributed by atoms with E-state index in [1.807, 2.05) is 6.92 Å². The van der Waals surface area contributed by atoms with Crippen molar-refractivity contribution in [2.24, 2.45) is 0 Å². The fraction of sp³-hybridized carbons (Fsp3) is 0.667. The van der Waals surface area contributed by atoms with Crippen LogP contribution in [0.15, 0.2) is 4.79 Å². The Bertz CT molecular complexity index is 1290. The van der Waals surface area contributed by atoms with Crippen molar-refractivity contribution in [1.82, 2.24) is 24.9 Å². The van der Waals surface area contributed by atoms with E-state index >= 15 is 0 Å². The van der Waals surface area contributed by atoms with Crippen LogP contribution < -0.4 is 5.56 Å². The third-order valence-electron chi connectivity index (χ3n) is 4.45. The third kappa shape index (κ3) is 6.39. The molecule has 6 atom stereocenters. The van der Waals surface area contributed by atoms with Crippen LogP contribution in [-0.4, -0.2) is 84.9 Å². The molecule has 0 radical (unpaired) electrons. The molecular weight excluding hydrogens is 547 g/mol. The standard InChI is InChI=1S/C12H20N5O15P3/c1-2-3-5-7-8(17(21)14-5)11(20)16(15-13-7)12-10(19)9(18)6(30-12)4-29-34(25,26)32-35(27,28)31-33(22,23)24/h6,9-10,12,18-19,21H,2-4H2,1H3,(H,25,26)(H,27,28)(H2,22,23,24). The van der Waals surface area contributed by atoms with Crippen molar-refractivity contribution < 1.29 is 66.6 Å². The Kier molecular flexibility index (Phi) is 8.01. The molecule has 1 saturated heterocycles. The van der Waals surface area contributed by atoms with Gasteiger partial charge in [0.25, 0.3) is 0 Å². The molecule has 3 heterocycles. The van der Waals surface area contributed by atoms with E-state index in [1.165, 1.54) is 0 Å². The number of rotatable bonds is 10. The summed E-state index contributed by atoms with van der Waals surface area (Å²) in [5.74, 6) is 0. The minimum absolute atomic E-state index is 0.00663. The van der Waals surface area contributed by atoms with E-state index in [0.717, 1.165) is 0 Å². The average Bonchev–Trinajstić information content (AvgIpc) is 3.15. The molecule has 2 aromatic heterocycles. The molecule has 7 N–H and O–H groups in total. The van der Waals surface area contributed by atoms with E-state index in [9.17, 15) is 38.8 Å². The number of hydrogen-bond donors (Lipinski definition) is 7. The van der Waals surface area contributed by atoms with Gasteiger partial charge in [-0.05, 0) is 6.42 Å². The van der Waals surface area contributed by atoms with Crippen LogP contribution in [-0.2, 0) is 38.0 Å². The Morgan fingerprint density at radius 3 is 2.31 bits per heavy atom. The summed E-state index contributed by atoms with van der Waals surface area (Å²) in [7, 11) is -16.9. The maximum atomic E-state index is 12.8. The third-order valence-corrected chi connectivity index (χ3v) is 8.25. The van der Waals surface area contributed by atoms with E-state index in [4.69, 9.17) is 19.4 Å². The Morgan fingerprint density at radius 1 is 1.06 bits per heavy atom. The Morgan fingerprint density at radius 2 is 1.71 bits per heavy atom. The molecular formula is C12H20N5O15P3. The number of aliphatic hydroxyl groups is 2. The highest BCUT2D eigenvalue weighted by Gasteiger charge is 2.47. The number of aliphatic hydroxyl groups excluding tert-OH is 2. The molecule has 0 saturated carbocycles. The van der Waals surface area contributed by atoms with Crippen molar-refractivity contribution in [3.63, 3.8) is 0 Å². The fourth-order valence-corrected chi connectivity index (χ4v) is 6.12.